The molecule has 0 bridgehead atoms. The average Bonchev–Trinajstić information content (AvgIpc) is 4.00. The lowest BCUT2D eigenvalue weighted by atomic mass is 10.0. The zero-order valence-electron chi connectivity index (χ0n) is 35.5. The van der Waals surface area contributed by atoms with Crippen molar-refractivity contribution in [3.05, 3.63) is 126 Å². The minimum absolute atomic E-state index is 0.259. The first-order valence-electron chi connectivity index (χ1n) is 20.9. The zero-order valence-corrected chi connectivity index (χ0v) is 35.5. The second kappa shape index (κ2) is 21.1. The monoisotopic (exact) mass is 845 g/mol. The number of benzene rings is 4. The molecule has 4 aromatic rings. The van der Waals surface area contributed by atoms with Gasteiger partial charge in [0.05, 0.1) is 14.2 Å². The van der Waals surface area contributed by atoms with E-state index in [0.29, 0.717) is 56.7 Å². The number of methoxy groups -OCH3 is 2. The van der Waals surface area contributed by atoms with E-state index in [9.17, 15) is 28.8 Å². The highest BCUT2D eigenvalue weighted by Crippen LogP contribution is 2.29. The van der Waals surface area contributed by atoms with Crippen molar-refractivity contribution in [1.82, 2.24) is 20.9 Å². The summed E-state index contributed by atoms with van der Waals surface area (Å²) in [5.41, 5.74) is 5.16. The molecule has 0 spiro atoms. The number of nitrogens with one attached hydrogen (secondary N) is 4. The van der Waals surface area contributed by atoms with E-state index in [2.05, 4.69) is 43.0 Å². The molecule has 0 unspecified atom stereocenters. The van der Waals surface area contributed by atoms with Gasteiger partial charge in [0.1, 0.15) is 24.2 Å². The molecule has 326 valence electrons. The number of carbonyl (C=O) groups excluding carboxylic acids is 6. The van der Waals surface area contributed by atoms with Crippen molar-refractivity contribution in [2.75, 3.05) is 42.4 Å². The second-order valence-corrected chi connectivity index (χ2v) is 15.8. The number of carbonyl (C=O) groups is 6. The summed E-state index contributed by atoms with van der Waals surface area (Å²) in [5.74, 6) is -1.93. The van der Waals surface area contributed by atoms with Gasteiger partial charge in [0.15, 0.2) is 0 Å². The molecule has 6 amide bonds. The van der Waals surface area contributed by atoms with Gasteiger partial charge in [0.25, 0.3) is 5.91 Å². The lowest BCUT2D eigenvalue weighted by Crippen LogP contribution is -2.54. The highest BCUT2D eigenvalue weighted by atomic mass is 16.5. The number of rotatable bonds is 15. The van der Waals surface area contributed by atoms with E-state index in [-0.39, 0.29) is 17.7 Å². The van der Waals surface area contributed by atoms with Crippen LogP contribution in [0.4, 0.5) is 26.7 Å². The van der Waals surface area contributed by atoms with Crippen LogP contribution in [-0.4, -0.2) is 86.1 Å². The SMILES string of the molecule is COC(=O)N[C@H](C(=O)NC(=O)[C@@H]1CCCN1c1ccc(CN(Cc2ccc(NC(=O)[C@@H]3CCCN3C(=O)[C@H](NC(=O)OC)c3ccccc3)cc2)c2ccccc2)cc1)C(C)C. The number of ether oxygens (including phenoxy) is 2. The first-order chi connectivity index (χ1) is 29.9. The van der Waals surface area contributed by atoms with Crippen LogP contribution in [0.3, 0.4) is 0 Å². The molecule has 62 heavy (non-hydrogen) atoms. The normalized spacial score (nSPS) is 16.8. The number of likely N-dealkylation sites (tertiary alicyclic amines) is 1. The predicted octanol–water partition coefficient (Wildman–Crippen LogP) is 5.91. The molecule has 4 N–H and O–H groups in total. The molecule has 0 radical (unpaired) electrons. The second-order valence-electron chi connectivity index (χ2n) is 15.8. The highest BCUT2D eigenvalue weighted by Gasteiger charge is 2.39. The van der Waals surface area contributed by atoms with E-state index >= 15 is 0 Å². The summed E-state index contributed by atoms with van der Waals surface area (Å²) in [4.78, 5) is 83.6. The molecule has 2 fully saturated rings. The largest absolute Gasteiger partial charge is 0.453 e. The number of nitrogens with zero attached hydrogens (tertiary/aromatic N) is 3. The summed E-state index contributed by atoms with van der Waals surface area (Å²) in [6.07, 6.45) is 1.04. The molecule has 15 heteroatoms. The Hall–Kier alpha value is -6.90. The highest BCUT2D eigenvalue weighted by molar-refractivity contribution is 6.02. The van der Waals surface area contributed by atoms with Gasteiger partial charge >= 0.3 is 12.2 Å². The Bertz CT molecular complexity index is 2170. The van der Waals surface area contributed by atoms with Gasteiger partial charge in [-0.15, -0.1) is 0 Å². The summed E-state index contributed by atoms with van der Waals surface area (Å²) < 4.78 is 9.44. The molecule has 0 aromatic heterocycles. The molecule has 6 rings (SSSR count). The molecule has 4 aromatic carbocycles. The van der Waals surface area contributed by atoms with Crippen molar-refractivity contribution in [3.63, 3.8) is 0 Å². The van der Waals surface area contributed by atoms with Crippen LogP contribution < -0.4 is 31.1 Å². The molecular formula is C47H55N7O8. The van der Waals surface area contributed by atoms with Crippen LogP contribution in [0.1, 0.15) is 62.3 Å². The van der Waals surface area contributed by atoms with Gasteiger partial charge in [0, 0.05) is 43.2 Å². The van der Waals surface area contributed by atoms with E-state index in [1.54, 1.807) is 38.1 Å². The molecule has 4 atom stereocenters. The van der Waals surface area contributed by atoms with Crippen LogP contribution in [0.25, 0.3) is 0 Å². The summed E-state index contributed by atoms with van der Waals surface area (Å²) >= 11 is 0. The van der Waals surface area contributed by atoms with Crippen LogP contribution in [-0.2, 0) is 41.7 Å². The summed E-state index contributed by atoms with van der Waals surface area (Å²) in [6.45, 7) is 5.76. The molecule has 15 nitrogen and oxygen atoms in total. The maximum Gasteiger partial charge on any atom is 0.407 e. The average molecular weight is 846 g/mol. The quantitative estimate of drug-likeness (QED) is 0.112. The number of alkyl carbamates (subject to hydrolysis) is 2. The van der Waals surface area contributed by atoms with E-state index in [4.69, 9.17) is 4.74 Å². The lowest BCUT2D eigenvalue weighted by molar-refractivity contribution is -0.138. The third kappa shape index (κ3) is 11.3. The number of para-hydroxylation sites is 1. The van der Waals surface area contributed by atoms with E-state index in [1.165, 1.54) is 19.1 Å². The Morgan fingerprint density at radius 3 is 1.85 bits per heavy atom. The number of hydrogen-bond acceptors (Lipinski definition) is 10. The van der Waals surface area contributed by atoms with E-state index in [0.717, 1.165) is 28.9 Å². The van der Waals surface area contributed by atoms with Crippen molar-refractivity contribution < 1.29 is 38.2 Å². The van der Waals surface area contributed by atoms with Crippen LogP contribution in [0.2, 0.25) is 0 Å². The molecular weight excluding hydrogens is 791 g/mol. The number of imide groups is 1. The van der Waals surface area contributed by atoms with E-state index in [1.807, 2.05) is 77.7 Å². The number of anilines is 3. The van der Waals surface area contributed by atoms with Crippen LogP contribution in [0, 0.1) is 5.92 Å². The first-order valence-corrected chi connectivity index (χ1v) is 20.9. The molecule has 2 heterocycles. The minimum atomic E-state index is -1.00. The van der Waals surface area contributed by atoms with Gasteiger partial charge in [-0.2, -0.15) is 0 Å². The van der Waals surface area contributed by atoms with Crippen LogP contribution >= 0.6 is 0 Å². The van der Waals surface area contributed by atoms with Crippen molar-refractivity contribution in [2.45, 2.75) is 76.8 Å². The Kier molecular flexibility index (Phi) is 15.2. The van der Waals surface area contributed by atoms with Crippen molar-refractivity contribution in [2.24, 2.45) is 5.92 Å². The van der Waals surface area contributed by atoms with Crippen molar-refractivity contribution in [3.8, 4) is 0 Å². The zero-order chi connectivity index (χ0) is 44.2. The number of hydrogen-bond donors (Lipinski definition) is 4. The molecule has 2 saturated heterocycles. The Labute approximate surface area is 362 Å². The van der Waals surface area contributed by atoms with Gasteiger partial charge in [-0.25, -0.2) is 9.59 Å². The summed E-state index contributed by atoms with van der Waals surface area (Å²) in [6, 6.07) is 31.5. The van der Waals surface area contributed by atoms with Crippen molar-refractivity contribution >= 4 is 52.9 Å². The van der Waals surface area contributed by atoms with Gasteiger partial charge in [-0.3, -0.25) is 24.5 Å². The van der Waals surface area contributed by atoms with Crippen LogP contribution in [0.5, 0.6) is 0 Å². The fourth-order valence-corrected chi connectivity index (χ4v) is 7.96. The van der Waals surface area contributed by atoms with Crippen LogP contribution in [0.15, 0.2) is 109 Å². The summed E-state index contributed by atoms with van der Waals surface area (Å²) in [7, 11) is 2.45. The third-order valence-corrected chi connectivity index (χ3v) is 11.2. The van der Waals surface area contributed by atoms with Crippen molar-refractivity contribution in [1.29, 1.82) is 0 Å². The fourth-order valence-electron chi connectivity index (χ4n) is 7.96. The molecule has 0 saturated carbocycles. The predicted molar refractivity (Wildman–Crippen MR) is 235 cm³/mol. The van der Waals surface area contributed by atoms with Gasteiger partial charge in [-0.05, 0) is 84.7 Å². The minimum Gasteiger partial charge on any atom is -0.453 e. The third-order valence-electron chi connectivity index (χ3n) is 11.2. The molecule has 2 aliphatic rings. The molecule has 0 aliphatic carbocycles. The maximum absolute atomic E-state index is 13.8. The Morgan fingerprint density at radius 2 is 1.24 bits per heavy atom. The van der Waals surface area contributed by atoms with Gasteiger partial charge < -0.3 is 40.1 Å². The lowest BCUT2D eigenvalue weighted by Gasteiger charge is -2.29. The maximum atomic E-state index is 13.8. The van der Waals surface area contributed by atoms with Gasteiger partial charge in [-0.1, -0.05) is 86.6 Å². The Morgan fingerprint density at radius 1 is 0.677 bits per heavy atom. The van der Waals surface area contributed by atoms with Gasteiger partial charge in [0.2, 0.25) is 17.7 Å². The first kappa shape index (κ1) is 44.6. The smallest absolute Gasteiger partial charge is 0.407 e. The number of amides is 6. The summed E-state index contributed by atoms with van der Waals surface area (Å²) in [5, 5.41) is 10.6. The topological polar surface area (TPSA) is 179 Å². The standard InChI is InChI=1S/C47H55N7O8/c1-31(2)40(49-46(59)61-3)44(57)51-43(56)38-17-11-27-53(38)37-25-21-33(22-26-37)30-52(36-15-9-6-10-16-36)29-32-19-23-35(24-20-32)48-42(55)39-18-12-28-54(39)45(58)41(50-47(60)62-4)34-13-7-5-8-14-34/h5-10,13-16,19-26,31,38-41H,11-12,17-18,27-30H2,1-4H3,(H,48,55)(H,49,59)(H,50,60)(H,51,56,57)/t38-,39-,40-,41+/m0/s1. The molecule has 2 aliphatic heterocycles. The Balaban J connectivity index is 1.08. The van der Waals surface area contributed by atoms with E-state index < -0.39 is 48.2 Å². The fraction of sp³-hybridized carbons (Fsp3) is 0.362.